The number of benzene rings is 1. The fourth-order valence-corrected chi connectivity index (χ4v) is 3.59. The van der Waals surface area contributed by atoms with Crippen LogP contribution >= 0.6 is 11.8 Å². The lowest BCUT2D eigenvalue weighted by atomic mass is 10.2. The third-order valence-corrected chi connectivity index (χ3v) is 5.16. The number of pyridine rings is 1. The number of carbonyl (C=O) groups excluding carboxylic acids is 1. The van der Waals surface area contributed by atoms with Crippen molar-refractivity contribution in [3.05, 3.63) is 66.1 Å². The third-order valence-electron chi connectivity index (χ3n) is 4.05. The molecule has 1 N–H and O–H groups in total. The number of amides is 1. The first-order valence-electron chi connectivity index (χ1n) is 8.61. The zero-order valence-corrected chi connectivity index (χ0v) is 15.8. The first-order valence-corrected chi connectivity index (χ1v) is 9.60. The van der Waals surface area contributed by atoms with E-state index >= 15 is 0 Å². The summed E-state index contributed by atoms with van der Waals surface area (Å²) >= 11 is 1.63. The van der Waals surface area contributed by atoms with Gasteiger partial charge in [-0.05, 0) is 37.6 Å². The number of thioether (sulfide) groups is 1. The number of methoxy groups -OCH3 is 1. The quantitative estimate of drug-likeness (QED) is 0.614. The molecule has 0 saturated heterocycles. The van der Waals surface area contributed by atoms with Crippen molar-refractivity contribution in [2.75, 3.05) is 13.7 Å². The number of carbonyl (C=O) groups is 1. The fourth-order valence-electron chi connectivity index (χ4n) is 2.66. The summed E-state index contributed by atoms with van der Waals surface area (Å²) in [5, 5.41) is 3.04. The second-order valence-electron chi connectivity index (χ2n) is 6.14. The molecule has 3 aromatic rings. The molecular weight excluding hydrogens is 346 g/mol. The topological polar surface area (TPSA) is 55.6 Å². The molecule has 0 aliphatic rings. The van der Waals surface area contributed by atoms with Crippen molar-refractivity contribution in [3.63, 3.8) is 0 Å². The maximum atomic E-state index is 12.6. The molecule has 1 unspecified atom stereocenters. The van der Waals surface area contributed by atoms with Gasteiger partial charge in [0.1, 0.15) is 5.65 Å². The van der Waals surface area contributed by atoms with Crippen molar-refractivity contribution < 1.29 is 9.53 Å². The average molecular weight is 369 g/mol. The van der Waals surface area contributed by atoms with Gasteiger partial charge in [-0.3, -0.25) is 4.79 Å². The van der Waals surface area contributed by atoms with E-state index in [1.54, 1.807) is 18.9 Å². The molecule has 136 valence electrons. The van der Waals surface area contributed by atoms with Gasteiger partial charge in [0, 0.05) is 42.8 Å². The summed E-state index contributed by atoms with van der Waals surface area (Å²) in [6.07, 6.45) is 4.80. The van der Waals surface area contributed by atoms with Gasteiger partial charge in [-0.1, -0.05) is 18.2 Å². The van der Waals surface area contributed by atoms with E-state index in [1.807, 2.05) is 66.2 Å². The van der Waals surface area contributed by atoms with Crippen LogP contribution in [0.3, 0.4) is 0 Å². The van der Waals surface area contributed by atoms with Gasteiger partial charge in [0.2, 0.25) is 0 Å². The number of aromatic nitrogens is 2. The zero-order chi connectivity index (χ0) is 18.4. The van der Waals surface area contributed by atoms with Gasteiger partial charge in [-0.2, -0.15) is 0 Å². The zero-order valence-electron chi connectivity index (χ0n) is 15.0. The third kappa shape index (κ3) is 4.65. The van der Waals surface area contributed by atoms with Crippen molar-refractivity contribution >= 4 is 23.3 Å². The smallest absolute Gasteiger partial charge is 0.252 e. The number of hydrogen-bond donors (Lipinski definition) is 1. The van der Waals surface area contributed by atoms with Crippen LogP contribution < -0.4 is 5.32 Å². The minimum atomic E-state index is -0.0493. The second-order valence-corrected chi connectivity index (χ2v) is 7.16. The standard InChI is InChI=1S/C20H23N3O2S/c1-15(10-12-25-2)21-20(24)17-7-3-4-8-18(17)26-14-16-13-23-11-6-5-9-19(23)22-16/h3-9,11,13,15H,10,12,14H2,1-2H3,(H,21,24). The highest BCUT2D eigenvalue weighted by Crippen LogP contribution is 2.26. The van der Waals surface area contributed by atoms with Gasteiger partial charge >= 0.3 is 0 Å². The fraction of sp³-hybridized carbons (Fsp3) is 0.300. The summed E-state index contributed by atoms with van der Waals surface area (Å²) in [6.45, 7) is 2.62. The van der Waals surface area contributed by atoms with Crippen LogP contribution in [-0.4, -0.2) is 35.1 Å². The van der Waals surface area contributed by atoms with E-state index in [9.17, 15) is 4.79 Å². The Bertz CT molecular complexity index is 845. The Morgan fingerprint density at radius 3 is 2.88 bits per heavy atom. The molecule has 0 bridgehead atoms. The highest BCUT2D eigenvalue weighted by atomic mass is 32.2. The first kappa shape index (κ1) is 18.5. The average Bonchev–Trinajstić information content (AvgIpc) is 3.08. The minimum Gasteiger partial charge on any atom is -0.385 e. The highest BCUT2D eigenvalue weighted by Gasteiger charge is 2.14. The van der Waals surface area contributed by atoms with Crippen LogP contribution in [0.25, 0.3) is 5.65 Å². The van der Waals surface area contributed by atoms with Crippen molar-refractivity contribution in [1.29, 1.82) is 0 Å². The van der Waals surface area contributed by atoms with Gasteiger partial charge in [0.05, 0.1) is 11.3 Å². The molecule has 2 heterocycles. The minimum absolute atomic E-state index is 0.0493. The van der Waals surface area contributed by atoms with Crippen LogP contribution in [0, 0.1) is 0 Å². The van der Waals surface area contributed by atoms with Crippen LogP contribution in [0.4, 0.5) is 0 Å². The summed E-state index contributed by atoms with van der Waals surface area (Å²) in [6, 6.07) is 13.7. The Labute approximate surface area is 157 Å². The van der Waals surface area contributed by atoms with E-state index in [-0.39, 0.29) is 11.9 Å². The first-order chi connectivity index (χ1) is 12.7. The molecule has 2 aromatic heterocycles. The number of fused-ring (bicyclic) bond motifs is 1. The van der Waals surface area contributed by atoms with E-state index in [0.717, 1.165) is 22.7 Å². The molecule has 0 aliphatic carbocycles. The monoisotopic (exact) mass is 369 g/mol. The number of imidazole rings is 1. The lowest BCUT2D eigenvalue weighted by Gasteiger charge is -2.15. The number of hydrogen-bond acceptors (Lipinski definition) is 4. The Balaban J connectivity index is 1.67. The van der Waals surface area contributed by atoms with Crippen molar-refractivity contribution in [2.24, 2.45) is 0 Å². The molecule has 1 aromatic carbocycles. The van der Waals surface area contributed by atoms with Crippen molar-refractivity contribution in [1.82, 2.24) is 14.7 Å². The van der Waals surface area contributed by atoms with Crippen molar-refractivity contribution in [3.8, 4) is 0 Å². The molecule has 1 amide bonds. The Kier molecular flexibility index (Phi) is 6.30. The SMILES string of the molecule is COCCC(C)NC(=O)c1ccccc1SCc1cn2ccccc2n1. The number of rotatable bonds is 8. The van der Waals surface area contributed by atoms with E-state index in [2.05, 4.69) is 10.3 Å². The Morgan fingerprint density at radius 2 is 2.08 bits per heavy atom. The Hall–Kier alpha value is -2.31. The summed E-state index contributed by atoms with van der Waals surface area (Å²) in [7, 11) is 1.67. The molecule has 0 fully saturated rings. The maximum absolute atomic E-state index is 12.6. The van der Waals surface area contributed by atoms with Crippen LogP contribution in [0.5, 0.6) is 0 Å². The van der Waals surface area contributed by atoms with Crippen LogP contribution in [-0.2, 0) is 10.5 Å². The van der Waals surface area contributed by atoms with Gasteiger partial charge in [0.25, 0.3) is 5.91 Å². The summed E-state index contributed by atoms with van der Waals surface area (Å²) in [5.41, 5.74) is 2.62. The highest BCUT2D eigenvalue weighted by molar-refractivity contribution is 7.98. The van der Waals surface area contributed by atoms with E-state index in [1.165, 1.54) is 0 Å². The van der Waals surface area contributed by atoms with Gasteiger partial charge in [-0.25, -0.2) is 4.98 Å². The number of nitrogens with zero attached hydrogens (tertiary/aromatic N) is 2. The molecule has 6 heteroatoms. The van der Waals surface area contributed by atoms with Crippen LogP contribution in [0.1, 0.15) is 29.4 Å². The Morgan fingerprint density at radius 1 is 1.27 bits per heavy atom. The molecule has 3 rings (SSSR count). The second kappa shape index (κ2) is 8.87. The lowest BCUT2D eigenvalue weighted by molar-refractivity contribution is 0.0926. The molecule has 0 aliphatic heterocycles. The van der Waals surface area contributed by atoms with E-state index in [0.29, 0.717) is 17.9 Å². The molecule has 1 atom stereocenters. The molecule has 0 spiro atoms. The summed E-state index contributed by atoms with van der Waals surface area (Å²) < 4.78 is 7.08. The number of ether oxygens (including phenoxy) is 1. The lowest BCUT2D eigenvalue weighted by Crippen LogP contribution is -2.33. The maximum Gasteiger partial charge on any atom is 0.252 e. The normalized spacial score (nSPS) is 12.2. The number of nitrogens with one attached hydrogen (secondary N) is 1. The predicted molar refractivity (Wildman–Crippen MR) is 105 cm³/mol. The molecular formula is C20H23N3O2S. The van der Waals surface area contributed by atoms with E-state index in [4.69, 9.17) is 4.74 Å². The van der Waals surface area contributed by atoms with Gasteiger partial charge in [0.15, 0.2) is 0 Å². The predicted octanol–water partition coefficient (Wildman–Crippen LogP) is 3.78. The van der Waals surface area contributed by atoms with Gasteiger partial charge < -0.3 is 14.5 Å². The van der Waals surface area contributed by atoms with E-state index < -0.39 is 0 Å². The van der Waals surface area contributed by atoms with Gasteiger partial charge in [-0.15, -0.1) is 11.8 Å². The summed E-state index contributed by atoms with van der Waals surface area (Å²) in [4.78, 5) is 18.2. The van der Waals surface area contributed by atoms with Crippen molar-refractivity contribution in [2.45, 2.75) is 30.0 Å². The molecule has 26 heavy (non-hydrogen) atoms. The largest absolute Gasteiger partial charge is 0.385 e. The van der Waals surface area contributed by atoms with Crippen LogP contribution in [0.2, 0.25) is 0 Å². The molecule has 0 saturated carbocycles. The molecule has 5 nitrogen and oxygen atoms in total. The molecule has 0 radical (unpaired) electrons. The van der Waals surface area contributed by atoms with Crippen LogP contribution in [0.15, 0.2) is 59.8 Å². The summed E-state index contributed by atoms with van der Waals surface area (Å²) in [5.74, 6) is 0.664.